The normalized spacial score (nSPS) is 22.3. The molecule has 0 saturated carbocycles. The van der Waals surface area contributed by atoms with Gasteiger partial charge >= 0.3 is 0 Å². The van der Waals surface area contributed by atoms with Crippen molar-refractivity contribution >= 4 is 38.7 Å². The van der Waals surface area contributed by atoms with Gasteiger partial charge < -0.3 is 0 Å². The van der Waals surface area contributed by atoms with Gasteiger partial charge in [0, 0.05) is 5.41 Å². The van der Waals surface area contributed by atoms with Gasteiger partial charge in [-0.05, 0) is 11.5 Å². The van der Waals surface area contributed by atoms with Crippen LogP contribution in [-0.4, -0.2) is 20.1 Å². The predicted molar refractivity (Wildman–Crippen MR) is 59.9 cm³/mol. The molecule has 1 aliphatic rings. The molecule has 68 valence electrons. The summed E-state index contributed by atoms with van der Waals surface area (Å²) in [4.78, 5) is 4.25. The van der Waals surface area contributed by atoms with E-state index in [1.165, 1.54) is 0 Å². The van der Waals surface area contributed by atoms with Gasteiger partial charge in [-0.2, -0.15) is 0 Å². The van der Waals surface area contributed by atoms with Crippen LogP contribution in [0.25, 0.3) is 0 Å². The Hall–Kier alpha value is 0.260. The molecule has 0 aromatic carbocycles. The van der Waals surface area contributed by atoms with Gasteiger partial charge in [-0.1, -0.05) is 25.6 Å². The van der Waals surface area contributed by atoms with E-state index in [0.717, 1.165) is 20.9 Å². The molecule has 0 amide bonds. The summed E-state index contributed by atoms with van der Waals surface area (Å²) in [6.45, 7) is 4.10. The zero-order valence-electron chi connectivity index (χ0n) is 7.07. The summed E-state index contributed by atoms with van der Waals surface area (Å²) in [5, 5.41) is 2.64. The molecule has 0 aliphatic carbocycles. The molecule has 1 atom stereocenters. The molecular formula is C7H11NOS3. The molecule has 0 saturated heterocycles. The van der Waals surface area contributed by atoms with Crippen molar-refractivity contribution < 1.29 is 4.21 Å². The third-order valence-corrected chi connectivity index (χ3v) is 4.43. The first kappa shape index (κ1) is 10.3. The summed E-state index contributed by atoms with van der Waals surface area (Å²) in [6.07, 6.45) is 0. The highest BCUT2D eigenvalue weighted by Gasteiger charge is 2.15. The van der Waals surface area contributed by atoms with Crippen molar-refractivity contribution in [1.29, 1.82) is 0 Å². The van der Waals surface area contributed by atoms with E-state index in [2.05, 4.69) is 11.9 Å². The van der Waals surface area contributed by atoms with E-state index in [9.17, 15) is 4.21 Å². The minimum Gasteiger partial charge on any atom is -0.247 e. The molecule has 1 heterocycles. The van der Waals surface area contributed by atoms with Crippen LogP contribution in [0.5, 0.6) is 0 Å². The summed E-state index contributed by atoms with van der Waals surface area (Å²) < 4.78 is 12.1. The van der Waals surface area contributed by atoms with Gasteiger partial charge in [-0.3, -0.25) is 0 Å². The minimum atomic E-state index is -0.962. The van der Waals surface area contributed by atoms with Gasteiger partial charge in [0.1, 0.15) is 15.8 Å². The molecule has 12 heavy (non-hydrogen) atoms. The molecule has 2 nitrogen and oxygen atoms in total. The second-order valence-electron chi connectivity index (χ2n) is 2.00. The largest absolute Gasteiger partial charge is 0.247 e. The van der Waals surface area contributed by atoms with E-state index in [1.807, 2.05) is 6.92 Å². The zero-order chi connectivity index (χ0) is 8.97. The first-order valence-electron chi connectivity index (χ1n) is 3.74. The number of hydrogen-bond donors (Lipinski definition) is 0. The van der Waals surface area contributed by atoms with E-state index in [0.29, 0.717) is 0 Å². The van der Waals surface area contributed by atoms with Crippen molar-refractivity contribution in [2.45, 2.75) is 13.8 Å². The average Bonchev–Trinajstić information content (AvgIpc) is 2.34. The monoisotopic (exact) mass is 221 g/mol. The molecule has 1 aliphatic heterocycles. The van der Waals surface area contributed by atoms with Gasteiger partial charge in [0.05, 0.1) is 0 Å². The Labute approximate surface area is 83.7 Å². The Kier molecular flexibility index (Phi) is 4.39. The van der Waals surface area contributed by atoms with Crippen LogP contribution in [0.1, 0.15) is 13.8 Å². The maximum atomic E-state index is 11.3. The number of nitrogens with zero attached hydrogens (tertiary/aromatic N) is 1. The molecule has 0 aromatic rings. The van der Waals surface area contributed by atoms with Crippen molar-refractivity contribution in [2.24, 2.45) is 4.99 Å². The van der Waals surface area contributed by atoms with Crippen LogP contribution in [0.3, 0.4) is 0 Å². The third kappa shape index (κ3) is 2.64. The molecule has 0 fully saturated rings. The lowest BCUT2D eigenvalue weighted by Gasteiger charge is -1.93. The lowest BCUT2D eigenvalue weighted by molar-refractivity contribution is 0.695. The van der Waals surface area contributed by atoms with E-state index in [-0.39, 0.29) is 0 Å². The van der Waals surface area contributed by atoms with Crippen LogP contribution < -0.4 is 0 Å². The number of hydrogen-bond acceptors (Lipinski definition) is 4. The Bertz CT molecular complexity index is 240. The average molecular weight is 221 g/mol. The summed E-state index contributed by atoms with van der Waals surface area (Å²) in [6, 6.07) is 0. The van der Waals surface area contributed by atoms with Crippen LogP contribution in [0, 0.1) is 0 Å². The maximum absolute atomic E-state index is 11.3. The van der Waals surface area contributed by atoms with Crippen LogP contribution >= 0.6 is 23.5 Å². The molecule has 0 spiro atoms. The van der Waals surface area contributed by atoms with Gasteiger partial charge in [0.2, 0.25) is 0 Å². The van der Waals surface area contributed by atoms with Crippen molar-refractivity contribution in [3.8, 4) is 0 Å². The van der Waals surface area contributed by atoms with Crippen LogP contribution in [0.15, 0.2) is 15.4 Å². The second kappa shape index (κ2) is 5.09. The fraction of sp³-hybridized carbons (Fsp3) is 0.571. The molecule has 0 bridgehead atoms. The summed E-state index contributed by atoms with van der Waals surface area (Å²) >= 11 is 3.20. The second-order valence-corrected chi connectivity index (χ2v) is 6.01. The van der Waals surface area contributed by atoms with Gasteiger partial charge in [0.15, 0.2) is 4.38 Å². The standard InChI is InChI=1S/C7H11NOS3/c1-3-10-6-5-12(9)7(8-6)11-4-2/h5H,3-4H2,1-2H3. The van der Waals surface area contributed by atoms with E-state index in [4.69, 9.17) is 0 Å². The summed E-state index contributed by atoms with van der Waals surface area (Å²) in [7, 11) is -0.962. The van der Waals surface area contributed by atoms with Gasteiger partial charge in [-0.15, -0.1) is 11.8 Å². The SMILES string of the molecule is CCSC1=CS(=O)C(SCC)=N1. The van der Waals surface area contributed by atoms with Crippen LogP contribution in [0.4, 0.5) is 0 Å². The van der Waals surface area contributed by atoms with E-state index >= 15 is 0 Å². The molecular weight excluding hydrogens is 210 g/mol. The fourth-order valence-electron chi connectivity index (χ4n) is 0.731. The molecule has 1 rings (SSSR count). The van der Waals surface area contributed by atoms with Gasteiger partial charge in [-0.25, -0.2) is 9.20 Å². The summed E-state index contributed by atoms with van der Waals surface area (Å²) in [5.74, 6) is 1.92. The molecule has 1 unspecified atom stereocenters. The number of thioether (sulfide) groups is 2. The Morgan fingerprint density at radius 3 is 2.67 bits per heavy atom. The van der Waals surface area contributed by atoms with E-state index in [1.54, 1.807) is 28.9 Å². The highest BCUT2D eigenvalue weighted by molar-refractivity contribution is 8.34. The van der Waals surface area contributed by atoms with Crippen molar-refractivity contribution in [1.82, 2.24) is 0 Å². The predicted octanol–water partition coefficient (Wildman–Crippen LogP) is 2.41. The van der Waals surface area contributed by atoms with Gasteiger partial charge in [0.25, 0.3) is 0 Å². The first-order chi connectivity index (χ1) is 5.77. The summed E-state index contributed by atoms with van der Waals surface area (Å²) in [5.41, 5.74) is 0. The maximum Gasteiger partial charge on any atom is 0.166 e. The Morgan fingerprint density at radius 2 is 2.08 bits per heavy atom. The Balaban J connectivity index is 2.59. The minimum absolute atomic E-state index is 0.758. The van der Waals surface area contributed by atoms with Crippen molar-refractivity contribution in [3.63, 3.8) is 0 Å². The highest BCUT2D eigenvalue weighted by Crippen LogP contribution is 2.26. The number of aliphatic imine (C=N–C) groups is 1. The molecule has 0 radical (unpaired) electrons. The lowest BCUT2D eigenvalue weighted by Crippen LogP contribution is -1.94. The van der Waals surface area contributed by atoms with Crippen LogP contribution in [0.2, 0.25) is 0 Å². The topological polar surface area (TPSA) is 29.4 Å². The smallest absolute Gasteiger partial charge is 0.166 e. The quantitative estimate of drug-likeness (QED) is 0.733. The number of rotatable bonds is 3. The van der Waals surface area contributed by atoms with E-state index < -0.39 is 10.8 Å². The Morgan fingerprint density at radius 1 is 1.42 bits per heavy atom. The lowest BCUT2D eigenvalue weighted by atomic mass is 11.0. The molecule has 5 heteroatoms. The molecule has 0 N–H and O–H groups in total. The van der Waals surface area contributed by atoms with Crippen LogP contribution in [-0.2, 0) is 10.8 Å². The third-order valence-electron chi connectivity index (χ3n) is 1.14. The van der Waals surface area contributed by atoms with Crippen molar-refractivity contribution in [2.75, 3.05) is 11.5 Å². The zero-order valence-corrected chi connectivity index (χ0v) is 9.52. The fourth-order valence-corrected chi connectivity index (χ4v) is 3.73. The highest BCUT2D eigenvalue weighted by atomic mass is 32.2. The molecule has 0 aromatic heterocycles. The first-order valence-corrected chi connectivity index (χ1v) is 6.93. The van der Waals surface area contributed by atoms with Crippen molar-refractivity contribution in [3.05, 3.63) is 10.4 Å².